The van der Waals surface area contributed by atoms with Gasteiger partial charge < -0.3 is 14.5 Å². The number of likely N-dealkylation sites (tertiary alicyclic amines) is 1. The smallest absolute Gasteiger partial charge is 0.410 e. The van der Waals surface area contributed by atoms with Crippen molar-refractivity contribution in [3.05, 3.63) is 35.9 Å². The van der Waals surface area contributed by atoms with Gasteiger partial charge in [-0.1, -0.05) is 30.3 Å². The van der Waals surface area contributed by atoms with Crippen molar-refractivity contribution in [2.75, 3.05) is 20.6 Å². The summed E-state index contributed by atoms with van der Waals surface area (Å²) >= 11 is 0. The summed E-state index contributed by atoms with van der Waals surface area (Å²) < 4.78 is 5.30. The van der Waals surface area contributed by atoms with Crippen LogP contribution in [0, 0.1) is 0 Å². The second-order valence-corrected chi connectivity index (χ2v) is 4.96. The number of hydrogen-bond donors (Lipinski definition) is 0. The minimum Gasteiger partial charge on any atom is -0.445 e. The summed E-state index contributed by atoms with van der Waals surface area (Å²) in [5.74, 6) is 0. The van der Waals surface area contributed by atoms with Crippen molar-refractivity contribution in [1.82, 2.24) is 9.80 Å². The van der Waals surface area contributed by atoms with E-state index in [1.54, 1.807) is 4.90 Å². The molecule has 0 aliphatic carbocycles. The number of carbonyl (C=O) groups is 1. The van der Waals surface area contributed by atoms with Gasteiger partial charge in [0.2, 0.25) is 0 Å². The van der Waals surface area contributed by atoms with Gasteiger partial charge in [-0.15, -0.1) is 0 Å². The summed E-state index contributed by atoms with van der Waals surface area (Å²) in [7, 11) is 4.07. The molecule has 4 nitrogen and oxygen atoms in total. The molecule has 2 atom stereocenters. The first-order valence-electron chi connectivity index (χ1n) is 6.23. The van der Waals surface area contributed by atoms with E-state index in [-0.39, 0.29) is 12.1 Å². The van der Waals surface area contributed by atoms with Gasteiger partial charge in [-0.05, 0) is 26.6 Å². The van der Waals surface area contributed by atoms with Gasteiger partial charge in [0.25, 0.3) is 0 Å². The molecule has 1 unspecified atom stereocenters. The van der Waals surface area contributed by atoms with Crippen molar-refractivity contribution in [3.8, 4) is 0 Å². The van der Waals surface area contributed by atoms with Crippen LogP contribution in [0.4, 0.5) is 4.79 Å². The molecule has 1 amide bonds. The lowest BCUT2D eigenvalue weighted by atomic mass is 9.98. The van der Waals surface area contributed by atoms with Gasteiger partial charge in [0.15, 0.2) is 0 Å². The van der Waals surface area contributed by atoms with Gasteiger partial charge in [-0.25, -0.2) is 4.79 Å². The summed E-state index contributed by atoms with van der Waals surface area (Å²) in [5, 5.41) is 0. The lowest BCUT2D eigenvalue weighted by Gasteiger charge is -2.48. The van der Waals surface area contributed by atoms with Gasteiger partial charge in [-0.2, -0.15) is 0 Å². The van der Waals surface area contributed by atoms with E-state index in [2.05, 4.69) is 11.8 Å². The average molecular weight is 248 g/mol. The lowest BCUT2D eigenvalue weighted by molar-refractivity contribution is -0.00458. The molecule has 0 radical (unpaired) electrons. The van der Waals surface area contributed by atoms with Crippen LogP contribution < -0.4 is 0 Å². The number of amides is 1. The summed E-state index contributed by atoms with van der Waals surface area (Å²) in [4.78, 5) is 15.8. The number of hydrogen-bond acceptors (Lipinski definition) is 3. The first kappa shape index (κ1) is 12.9. The number of carbonyl (C=O) groups excluding carboxylic acids is 1. The number of nitrogens with zero attached hydrogens (tertiary/aromatic N) is 2. The van der Waals surface area contributed by atoms with Crippen LogP contribution in [-0.4, -0.2) is 48.6 Å². The Hall–Kier alpha value is -1.55. The quantitative estimate of drug-likeness (QED) is 0.819. The molecule has 2 rings (SSSR count). The number of ether oxygens (including phenoxy) is 1. The fraction of sp³-hybridized carbons (Fsp3) is 0.500. The van der Waals surface area contributed by atoms with Crippen LogP contribution in [0.2, 0.25) is 0 Å². The fourth-order valence-corrected chi connectivity index (χ4v) is 2.23. The van der Waals surface area contributed by atoms with Crippen LogP contribution in [0.25, 0.3) is 0 Å². The van der Waals surface area contributed by atoms with Crippen molar-refractivity contribution in [1.29, 1.82) is 0 Å². The standard InChI is InChI=1S/C14H20N2O2/c1-11-13(15(2)3)9-16(11)14(17)18-10-12-7-5-4-6-8-12/h4-8,11,13H,9-10H2,1-3H3/t11-,13?/m0/s1. The van der Waals surface area contributed by atoms with Crippen LogP contribution in [0.3, 0.4) is 0 Å². The van der Waals surface area contributed by atoms with Gasteiger partial charge in [0.1, 0.15) is 6.61 Å². The molecule has 0 saturated carbocycles. The Morgan fingerprint density at radius 3 is 2.61 bits per heavy atom. The van der Waals surface area contributed by atoms with Crippen molar-refractivity contribution in [2.24, 2.45) is 0 Å². The van der Waals surface area contributed by atoms with Crippen LogP contribution in [0.1, 0.15) is 12.5 Å². The fourth-order valence-electron chi connectivity index (χ4n) is 2.23. The minimum atomic E-state index is -0.218. The van der Waals surface area contributed by atoms with Crippen molar-refractivity contribution in [3.63, 3.8) is 0 Å². The molecule has 1 heterocycles. The highest BCUT2D eigenvalue weighted by molar-refractivity contribution is 5.69. The van der Waals surface area contributed by atoms with E-state index in [0.717, 1.165) is 12.1 Å². The third kappa shape index (κ3) is 2.64. The van der Waals surface area contributed by atoms with Crippen LogP contribution in [0.5, 0.6) is 0 Å². The summed E-state index contributed by atoms with van der Waals surface area (Å²) in [6.45, 7) is 3.15. The highest BCUT2D eigenvalue weighted by Crippen LogP contribution is 2.22. The SMILES string of the molecule is C[C@H]1C(N(C)C)CN1C(=O)OCc1ccccc1. The number of rotatable bonds is 3. The molecular weight excluding hydrogens is 228 g/mol. The van der Waals surface area contributed by atoms with Crippen molar-refractivity contribution in [2.45, 2.75) is 25.6 Å². The largest absolute Gasteiger partial charge is 0.445 e. The third-order valence-corrected chi connectivity index (χ3v) is 3.54. The van der Waals surface area contributed by atoms with Gasteiger partial charge in [0.05, 0.1) is 0 Å². The van der Waals surface area contributed by atoms with Gasteiger partial charge >= 0.3 is 6.09 Å². The molecule has 1 aromatic rings. The summed E-state index contributed by atoms with van der Waals surface area (Å²) in [5.41, 5.74) is 1.02. The average Bonchev–Trinajstić information content (AvgIpc) is 2.35. The topological polar surface area (TPSA) is 32.8 Å². The third-order valence-electron chi connectivity index (χ3n) is 3.54. The van der Waals surface area contributed by atoms with E-state index < -0.39 is 0 Å². The molecule has 1 saturated heterocycles. The molecule has 1 aromatic carbocycles. The Morgan fingerprint density at radius 2 is 2.06 bits per heavy atom. The van der Waals surface area contributed by atoms with E-state index in [0.29, 0.717) is 12.6 Å². The summed E-state index contributed by atoms with van der Waals surface area (Å²) in [6.07, 6.45) is -0.218. The Kier molecular flexibility index (Phi) is 3.87. The predicted octanol–water partition coefficient (Wildman–Crippen LogP) is 1.96. The zero-order valence-corrected chi connectivity index (χ0v) is 11.2. The molecule has 1 fully saturated rings. The van der Waals surface area contributed by atoms with Crippen LogP contribution >= 0.6 is 0 Å². The molecule has 98 valence electrons. The van der Waals surface area contributed by atoms with Crippen molar-refractivity contribution >= 4 is 6.09 Å². The zero-order chi connectivity index (χ0) is 13.1. The van der Waals surface area contributed by atoms with E-state index in [4.69, 9.17) is 4.74 Å². The zero-order valence-electron chi connectivity index (χ0n) is 11.2. The predicted molar refractivity (Wildman–Crippen MR) is 70.3 cm³/mol. The Bertz CT molecular complexity index is 406. The molecule has 0 bridgehead atoms. The monoisotopic (exact) mass is 248 g/mol. The van der Waals surface area contributed by atoms with Gasteiger partial charge in [-0.3, -0.25) is 0 Å². The number of likely N-dealkylation sites (N-methyl/N-ethyl adjacent to an activating group) is 1. The molecule has 4 heteroatoms. The van der Waals surface area contributed by atoms with Crippen LogP contribution in [0.15, 0.2) is 30.3 Å². The Labute approximate surface area is 108 Å². The normalized spacial score (nSPS) is 22.8. The molecule has 0 spiro atoms. The minimum absolute atomic E-state index is 0.218. The van der Waals surface area contributed by atoms with E-state index in [1.807, 2.05) is 44.4 Å². The highest BCUT2D eigenvalue weighted by Gasteiger charge is 2.40. The molecular formula is C14H20N2O2. The summed E-state index contributed by atoms with van der Waals surface area (Å²) in [6, 6.07) is 10.4. The second-order valence-electron chi connectivity index (χ2n) is 4.96. The molecule has 18 heavy (non-hydrogen) atoms. The lowest BCUT2D eigenvalue weighted by Crippen LogP contribution is -2.65. The molecule has 1 aliphatic rings. The Balaban J connectivity index is 1.80. The molecule has 0 N–H and O–H groups in total. The van der Waals surface area contributed by atoms with Gasteiger partial charge in [0, 0.05) is 18.6 Å². The maximum Gasteiger partial charge on any atom is 0.410 e. The maximum absolute atomic E-state index is 11.9. The van der Waals surface area contributed by atoms with Crippen LogP contribution in [-0.2, 0) is 11.3 Å². The first-order chi connectivity index (χ1) is 8.59. The van der Waals surface area contributed by atoms with E-state index >= 15 is 0 Å². The Morgan fingerprint density at radius 1 is 1.39 bits per heavy atom. The molecule has 0 aromatic heterocycles. The number of benzene rings is 1. The second kappa shape index (κ2) is 5.40. The molecule has 1 aliphatic heterocycles. The first-order valence-corrected chi connectivity index (χ1v) is 6.23. The van der Waals surface area contributed by atoms with E-state index in [1.165, 1.54) is 0 Å². The maximum atomic E-state index is 11.9. The highest BCUT2D eigenvalue weighted by atomic mass is 16.6. The van der Waals surface area contributed by atoms with E-state index in [9.17, 15) is 4.79 Å². The van der Waals surface area contributed by atoms with Crippen molar-refractivity contribution < 1.29 is 9.53 Å².